The van der Waals surface area contributed by atoms with Crippen molar-refractivity contribution in [3.8, 4) is 17.2 Å². The molecule has 0 amide bonds. The second kappa shape index (κ2) is 11.9. The van der Waals surface area contributed by atoms with E-state index >= 15 is 0 Å². The quantitative estimate of drug-likeness (QED) is 0.104. The van der Waals surface area contributed by atoms with Crippen molar-refractivity contribution >= 4 is 33.7 Å². The number of esters is 2. The highest BCUT2D eigenvalue weighted by Gasteiger charge is 2.25. The van der Waals surface area contributed by atoms with E-state index in [0.717, 1.165) is 22.2 Å². The van der Waals surface area contributed by atoms with E-state index in [1.54, 1.807) is 26.4 Å². The average Bonchev–Trinajstić information content (AvgIpc) is 2.99. The molecule has 0 saturated carbocycles. The maximum atomic E-state index is 13.7. The van der Waals surface area contributed by atoms with Gasteiger partial charge < -0.3 is 18.9 Å². The lowest BCUT2D eigenvalue weighted by atomic mass is 10.0. The minimum absolute atomic E-state index is 0.257. The molecule has 4 aromatic carbocycles. The summed E-state index contributed by atoms with van der Waals surface area (Å²) in [5, 5.41) is 1.41. The van der Waals surface area contributed by atoms with Gasteiger partial charge in [-0.2, -0.15) is 4.57 Å². The van der Waals surface area contributed by atoms with Gasteiger partial charge in [-0.1, -0.05) is 42.5 Å². The predicted octanol–water partition coefficient (Wildman–Crippen LogP) is 5.73. The molecule has 0 aliphatic rings. The first-order valence-electron chi connectivity index (χ1n) is 12.9. The van der Waals surface area contributed by atoms with Crippen LogP contribution in [0.3, 0.4) is 0 Å². The zero-order valence-corrected chi connectivity index (χ0v) is 22.7. The fraction of sp³-hybridized carbons (Fsp3) is 0.182. The molecule has 7 heteroatoms. The summed E-state index contributed by atoms with van der Waals surface area (Å²) in [7, 11) is 5.14. The van der Waals surface area contributed by atoms with Crippen LogP contribution < -0.4 is 18.8 Å². The molecule has 0 unspecified atom stereocenters. The number of nitrogens with zero attached hydrogens (tertiary/aromatic N) is 1. The molecule has 40 heavy (non-hydrogen) atoms. The topological polar surface area (TPSA) is 74.9 Å². The van der Waals surface area contributed by atoms with Crippen LogP contribution in [0.2, 0.25) is 0 Å². The summed E-state index contributed by atoms with van der Waals surface area (Å²) >= 11 is 0. The standard InChI is InChI=1S/C33H30NO6/c1-34-29-16-14-25(37-2)19-27(29)32(28-20-26(38-3)15-17-30(28)34)33(36)40-24-12-9-22(10-13-24)11-18-31(35)39-21-23-7-5-4-6-8-23/h4-10,12-17,19-20H,11,18,21H2,1-3H3/q+1. The largest absolute Gasteiger partial charge is 0.497 e. The number of carbonyl (C=O) groups excluding carboxylic acids is 2. The van der Waals surface area contributed by atoms with E-state index in [-0.39, 0.29) is 19.0 Å². The van der Waals surface area contributed by atoms with Crippen LogP contribution in [-0.2, 0) is 29.6 Å². The van der Waals surface area contributed by atoms with E-state index in [9.17, 15) is 9.59 Å². The third-order valence-corrected chi connectivity index (χ3v) is 6.87. The maximum Gasteiger partial charge on any atom is 0.345 e. The molecule has 1 aromatic heterocycles. The van der Waals surface area contributed by atoms with E-state index < -0.39 is 5.97 Å². The summed E-state index contributed by atoms with van der Waals surface area (Å²) in [6, 6.07) is 28.0. The van der Waals surface area contributed by atoms with Gasteiger partial charge in [-0.05, 0) is 53.9 Å². The van der Waals surface area contributed by atoms with Crippen molar-refractivity contribution in [2.75, 3.05) is 14.2 Å². The average molecular weight is 537 g/mol. The molecule has 1 heterocycles. The first kappa shape index (κ1) is 26.7. The normalized spacial score (nSPS) is 10.9. The molecule has 0 fully saturated rings. The fourth-order valence-corrected chi connectivity index (χ4v) is 4.70. The van der Waals surface area contributed by atoms with Gasteiger partial charge in [0.15, 0.2) is 0 Å². The van der Waals surface area contributed by atoms with Crippen molar-refractivity contribution < 1.29 is 33.1 Å². The molecule has 5 rings (SSSR count). The van der Waals surface area contributed by atoms with Crippen LogP contribution >= 0.6 is 0 Å². The summed E-state index contributed by atoms with van der Waals surface area (Å²) in [4.78, 5) is 25.8. The van der Waals surface area contributed by atoms with Crippen LogP contribution in [0.25, 0.3) is 21.8 Å². The van der Waals surface area contributed by atoms with Crippen LogP contribution in [0.5, 0.6) is 17.2 Å². The second-order valence-electron chi connectivity index (χ2n) is 9.38. The Kier molecular flexibility index (Phi) is 7.92. The van der Waals surface area contributed by atoms with Gasteiger partial charge in [0.05, 0.1) is 30.6 Å². The molecule has 0 spiro atoms. The number of carbonyl (C=O) groups is 2. The van der Waals surface area contributed by atoms with Crippen molar-refractivity contribution in [1.29, 1.82) is 0 Å². The molecular weight excluding hydrogens is 506 g/mol. The maximum absolute atomic E-state index is 13.7. The third kappa shape index (κ3) is 5.73. The highest BCUT2D eigenvalue weighted by Crippen LogP contribution is 2.31. The summed E-state index contributed by atoms with van der Waals surface area (Å²) in [5.41, 5.74) is 4.03. The summed E-state index contributed by atoms with van der Waals surface area (Å²) in [6.45, 7) is 0.257. The Morgan fingerprint density at radius 3 is 1.85 bits per heavy atom. The molecule has 0 aliphatic heterocycles. The minimum Gasteiger partial charge on any atom is -0.497 e. The molecule has 0 aliphatic carbocycles. The van der Waals surface area contributed by atoms with Gasteiger partial charge in [-0.15, -0.1) is 0 Å². The fourth-order valence-electron chi connectivity index (χ4n) is 4.70. The lowest BCUT2D eigenvalue weighted by molar-refractivity contribution is -0.617. The minimum atomic E-state index is -0.491. The van der Waals surface area contributed by atoms with Gasteiger partial charge in [0, 0.05) is 18.6 Å². The molecule has 0 N–H and O–H groups in total. The number of benzene rings is 4. The van der Waals surface area contributed by atoms with E-state index in [1.165, 1.54) is 0 Å². The second-order valence-corrected chi connectivity index (χ2v) is 9.38. The van der Waals surface area contributed by atoms with Gasteiger partial charge in [-0.3, -0.25) is 4.79 Å². The Labute approximate surface area is 232 Å². The molecule has 0 bridgehead atoms. The zero-order valence-electron chi connectivity index (χ0n) is 22.7. The molecule has 5 aromatic rings. The molecule has 0 atom stereocenters. The monoisotopic (exact) mass is 536 g/mol. The number of aromatic nitrogens is 1. The van der Waals surface area contributed by atoms with Crippen LogP contribution in [0.1, 0.15) is 27.9 Å². The lowest BCUT2D eigenvalue weighted by Crippen LogP contribution is -2.31. The molecule has 0 saturated heterocycles. The first-order valence-corrected chi connectivity index (χ1v) is 12.9. The van der Waals surface area contributed by atoms with Gasteiger partial charge in [0.1, 0.15) is 30.9 Å². The van der Waals surface area contributed by atoms with Crippen LogP contribution in [0.15, 0.2) is 91.0 Å². The predicted molar refractivity (Wildman–Crippen MR) is 152 cm³/mol. The van der Waals surface area contributed by atoms with Gasteiger partial charge in [0.2, 0.25) is 11.0 Å². The Hall–Kier alpha value is -4.91. The Bertz CT molecular complexity index is 1610. The Morgan fingerprint density at radius 2 is 1.27 bits per heavy atom. The van der Waals surface area contributed by atoms with Crippen molar-refractivity contribution in [1.82, 2.24) is 0 Å². The smallest absolute Gasteiger partial charge is 0.345 e. The number of ether oxygens (including phenoxy) is 4. The number of hydrogen-bond acceptors (Lipinski definition) is 6. The third-order valence-electron chi connectivity index (χ3n) is 6.87. The Balaban J connectivity index is 1.34. The molecule has 0 radical (unpaired) electrons. The van der Waals surface area contributed by atoms with Crippen molar-refractivity contribution in [3.63, 3.8) is 0 Å². The summed E-state index contributed by atoms with van der Waals surface area (Å²) < 4.78 is 24.1. The number of aryl methyl sites for hydroxylation is 2. The number of hydrogen-bond donors (Lipinski definition) is 0. The zero-order chi connectivity index (χ0) is 28.1. The van der Waals surface area contributed by atoms with Crippen LogP contribution in [0, 0.1) is 0 Å². The number of fused-ring (bicyclic) bond motifs is 2. The van der Waals surface area contributed by atoms with Crippen molar-refractivity contribution in [2.45, 2.75) is 19.4 Å². The highest BCUT2D eigenvalue weighted by molar-refractivity contribution is 6.13. The summed E-state index contributed by atoms with van der Waals surface area (Å²) in [6.07, 6.45) is 0.778. The van der Waals surface area contributed by atoms with E-state index in [0.29, 0.717) is 40.0 Å². The number of rotatable bonds is 9. The molecular formula is C33H30NO6+. The molecule has 7 nitrogen and oxygen atoms in total. The van der Waals surface area contributed by atoms with Crippen molar-refractivity contribution in [2.24, 2.45) is 7.05 Å². The SMILES string of the molecule is COc1ccc2c(c1)c(C(=O)Oc1ccc(CCC(=O)OCc3ccccc3)cc1)c1cc(OC)ccc1[n+]2C. The highest BCUT2D eigenvalue weighted by atomic mass is 16.5. The number of pyridine rings is 1. The van der Waals surface area contributed by atoms with Crippen LogP contribution in [0.4, 0.5) is 0 Å². The van der Waals surface area contributed by atoms with Gasteiger partial charge in [-0.25, -0.2) is 4.79 Å². The first-order chi connectivity index (χ1) is 19.5. The van der Waals surface area contributed by atoms with Gasteiger partial charge in [0.25, 0.3) is 0 Å². The van der Waals surface area contributed by atoms with E-state index in [1.807, 2.05) is 90.5 Å². The van der Waals surface area contributed by atoms with E-state index in [4.69, 9.17) is 18.9 Å². The van der Waals surface area contributed by atoms with Crippen molar-refractivity contribution in [3.05, 3.63) is 108 Å². The van der Waals surface area contributed by atoms with Crippen LogP contribution in [-0.4, -0.2) is 26.2 Å². The number of methoxy groups -OCH3 is 2. The van der Waals surface area contributed by atoms with Gasteiger partial charge >= 0.3 is 11.9 Å². The lowest BCUT2D eigenvalue weighted by Gasteiger charge is -2.12. The van der Waals surface area contributed by atoms with E-state index in [2.05, 4.69) is 0 Å². The summed E-state index contributed by atoms with van der Waals surface area (Å²) in [5.74, 6) is 0.919. The molecule has 202 valence electrons. The Morgan fingerprint density at radius 1 is 0.700 bits per heavy atom.